The van der Waals surface area contributed by atoms with Crippen LogP contribution >= 0.6 is 0 Å². The predicted octanol–water partition coefficient (Wildman–Crippen LogP) is 2.73. The average Bonchev–Trinajstić information content (AvgIpc) is 2.48. The van der Waals surface area contributed by atoms with Gasteiger partial charge in [0.1, 0.15) is 0 Å². The van der Waals surface area contributed by atoms with Crippen LogP contribution in [0.1, 0.15) is 18.4 Å². The van der Waals surface area contributed by atoms with Crippen LogP contribution < -0.4 is 5.32 Å². The molecule has 1 N–H and O–H groups in total. The molecule has 2 amide bonds. The maximum absolute atomic E-state index is 12.4. The topological polar surface area (TPSA) is 49.4 Å². The minimum absolute atomic E-state index is 0.0514. The number of carbonyl (C=O) groups is 2. The smallest absolute Gasteiger partial charge is 0.335 e. The molecule has 0 spiro atoms. The Kier molecular flexibility index (Phi) is 4.73. The Morgan fingerprint density at radius 2 is 1.77 bits per heavy atom. The molecular formula is C15H17F3N2O2. The molecule has 0 atom stereocenters. The highest BCUT2D eigenvalue weighted by Crippen LogP contribution is 2.25. The summed E-state index contributed by atoms with van der Waals surface area (Å²) in [5.41, 5.74) is 1.61. The van der Waals surface area contributed by atoms with Crippen molar-refractivity contribution in [1.82, 2.24) is 4.90 Å². The highest BCUT2D eigenvalue weighted by molar-refractivity contribution is 5.93. The number of para-hydroxylation sites is 1. The second-order valence-corrected chi connectivity index (χ2v) is 5.37. The number of amides is 2. The molecule has 1 aliphatic rings. The van der Waals surface area contributed by atoms with Crippen LogP contribution in [-0.4, -0.2) is 36.0 Å². The maximum Gasteiger partial charge on any atom is 0.471 e. The van der Waals surface area contributed by atoms with Crippen LogP contribution in [0.3, 0.4) is 0 Å². The molecule has 0 aromatic heterocycles. The van der Waals surface area contributed by atoms with Crippen molar-refractivity contribution >= 4 is 17.5 Å². The van der Waals surface area contributed by atoms with Crippen LogP contribution in [0.4, 0.5) is 18.9 Å². The lowest BCUT2D eigenvalue weighted by atomic mass is 9.95. The van der Waals surface area contributed by atoms with Gasteiger partial charge in [-0.3, -0.25) is 9.59 Å². The number of hydrogen-bond acceptors (Lipinski definition) is 2. The van der Waals surface area contributed by atoms with Crippen molar-refractivity contribution in [3.05, 3.63) is 29.8 Å². The summed E-state index contributed by atoms with van der Waals surface area (Å²) in [4.78, 5) is 24.1. The minimum atomic E-state index is -4.85. The molecule has 0 bridgehead atoms. The molecule has 0 radical (unpaired) electrons. The summed E-state index contributed by atoms with van der Waals surface area (Å²) in [5.74, 6) is -2.42. The fourth-order valence-corrected chi connectivity index (χ4v) is 2.47. The van der Waals surface area contributed by atoms with Gasteiger partial charge in [-0.05, 0) is 31.4 Å². The Labute approximate surface area is 126 Å². The highest BCUT2D eigenvalue weighted by atomic mass is 19.4. The van der Waals surface area contributed by atoms with Gasteiger partial charge < -0.3 is 10.2 Å². The zero-order chi connectivity index (χ0) is 16.3. The Balaban J connectivity index is 1.90. The Morgan fingerprint density at radius 1 is 1.18 bits per heavy atom. The van der Waals surface area contributed by atoms with E-state index in [4.69, 9.17) is 0 Å². The van der Waals surface area contributed by atoms with Crippen LogP contribution in [-0.2, 0) is 9.59 Å². The molecule has 120 valence electrons. The van der Waals surface area contributed by atoms with E-state index in [1.165, 1.54) is 0 Å². The van der Waals surface area contributed by atoms with E-state index >= 15 is 0 Å². The van der Waals surface area contributed by atoms with Crippen molar-refractivity contribution in [1.29, 1.82) is 0 Å². The van der Waals surface area contributed by atoms with Gasteiger partial charge in [-0.1, -0.05) is 18.2 Å². The number of halogens is 3. The fraction of sp³-hybridized carbons (Fsp3) is 0.467. The minimum Gasteiger partial charge on any atom is -0.335 e. The first kappa shape index (κ1) is 16.3. The van der Waals surface area contributed by atoms with Crippen LogP contribution in [0, 0.1) is 12.8 Å². The normalized spacial score (nSPS) is 16.5. The number of aryl methyl sites for hydroxylation is 1. The van der Waals surface area contributed by atoms with Crippen LogP contribution in [0.15, 0.2) is 24.3 Å². The Hall–Kier alpha value is -2.05. The van der Waals surface area contributed by atoms with E-state index in [1.54, 1.807) is 12.1 Å². The lowest BCUT2D eigenvalue weighted by Gasteiger charge is -2.31. The summed E-state index contributed by atoms with van der Waals surface area (Å²) in [7, 11) is 0. The summed E-state index contributed by atoms with van der Waals surface area (Å²) in [6, 6.07) is 7.29. The third-order valence-electron chi connectivity index (χ3n) is 3.80. The third kappa shape index (κ3) is 3.78. The number of likely N-dealkylation sites (tertiary alicyclic amines) is 1. The van der Waals surface area contributed by atoms with Crippen molar-refractivity contribution in [2.75, 3.05) is 18.4 Å². The first-order valence-electron chi connectivity index (χ1n) is 7.01. The van der Waals surface area contributed by atoms with E-state index in [9.17, 15) is 22.8 Å². The van der Waals surface area contributed by atoms with E-state index in [0.717, 1.165) is 10.5 Å². The number of benzene rings is 1. The summed E-state index contributed by atoms with van der Waals surface area (Å²) >= 11 is 0. The molecule has 1 aliphatic heterocycles. The zero-order valence-electron chi connectivity index (χ0n) is 12.1. The number of nitrogens with zero attached hydrogens (tertiary/aromatic N) is 1. The number of hydrogen-bond donors (Lipinski definition) is 1. The third-order valence-corrected chi connectivity index (χ3v) is 3.80. The fourth-order valence-electron chi connectivity index (χ4n) is 2.47. The first-order valence-corrected chi connectivity index (χ1v) is 7.01. The van der Waals surface area contributed by atoms with Gasteiger partial charge in [0.15, 0.2) is 0 Å². The van der Waals surface area contributed by atoms with E-state index in [2.05, 4.69) is 5.32 Å². The maximum atomic E-state index is 12.4. The van der Waals surface area contributed by atoms with Crippen molar-refractivity contribution < 1.29 is 22.8 Å². The van der Waals surface area contributed by atoms with Crippen LogP contribution in [0.25, 0.3) is 0 Å². The molecule has 1 aromatic carbocycles. The molecule has 0 aliphatic carbocycles. The van der Waals surface area contributed by atoms with Gasteiger partial charge in [-0.25, -0.2) is 0 Å². The first-order chi connectivity index (χ1) is 10.3. The zero-order valence-corrected chi connectivity index (χ0v) is 12.1. The number of alkyl halides is 3. The molecule has 1 heterocycles. The molecule has 1 aromatic rings. The molecule has 1 saturated heterocycles. The monoisotopic (exact) mass is 314 g/mol. The van der Waals surface area contributed by atoms with Crippen molar-refractivity contribution in [3.8, 4) is 0 Å². The molecule has 4 nitrogen and oxygen atoms in total. The largest absolute Gasteiger partial charge is 0.471 e. The number of carbonyl (C=O) groups excluding carboxylic acids is 2. The SMILES string of the molecule is Cc1ccccc1NC(=O)C1CCN(C(=O)C(F)(F)F)CC1. The molecule has 1 fully saturated rings. The molecule has 7 heteroatoms. The van der Waals surface area contributed by atoms with Gasteiger partial charge >= 0.3 is 12.1 Å². The highest BCUT2D eigenvalue weighted by Gasteiger charge is 2.43. The van der Waals surface area contributed by atoms with Gasteiger partial charge in [-0.15, -0.1) is 0 Å². The molecule has 2 rings (SSSR count). The molecule has 0 saturated carbocycles. The lowest BCUT2D eigenvalue weighted by Crippen LogP contribution is -2.46. The number of anilines is 1. The van der Waals surface area contributed by atoms with Gasteiger partial charge in [0.25, 0.3) is 0 Å². The summed E-state index contributed by atoms with van der Waals surface area (Å²) in [6.45, 7) is 1.76. The standard InChI is InChI=1S/C15H17F3N2O2/c1-10-4-2-3-5-12(10)19-13(21)11-6-8-20(9-7-11)14(22)15(16,17)18/h2-5,11H,6-9H2,1H3,(H,19,21). The van der Waals surface area contributed by atoms with Crippen LogP contribution in [0.5, 0.6) is 0 Å². The van der Waals surface area contributed by atoms with E-state index in [-0.39, 0.29) is 37.8 Å². The number of nitrogens with one attached hydrogen (secondary N) is 1. The average molecular weight is 314 g/mol. The van der Waals surface area contributed by atoms with Crippen molar-refractivity contribution in [2.24, 2.45) is 5.92 Å². The van der Waals surface area contributed by atoms with E-state index in [0.29, 0.717) is 5.69 Å². The second kappa shape index (κ2) is 6.37. The van der Waals surface area contributed by atoms with Gasteiger partial charge in [0.2, 0.25) is 5.91 Å². The van der Waals surface area contributed by atoms with Gasteiger partial charge in [0.05, 0.1) is 0 Å². The number of rotatable bonds is 2. The lowest BCUT2D eigenvalue weighted by molar-refractivity contribution is -0.186. The Morgan fingerprint density at radius 3 is 2.32 bits per heavy atom. The molecule has 0 unspecified atom stereocenters. The van der Waals surface area contributed by atoms with Gasteiger partial charge in [-0.2, -0.15) is 13.2 Å². The van der Waals surface area contributed by atoms with Crippen molar-refractivity contribution in [2.45, 2.75) is 25.9 Å². The molecule has 22 heavy (non-hydrogen) atoms. The number of piperidine rings is 1. The van der Waals surface area contributed by atoms with Crippen molar-refractivity contribution in [3.63, 3.8) is 0 Å². The van der Waals surface area contributed by atoms with Gasteiger partial charge in [0, 0.05) is 24.7 Å². The summed E-state index contributed by atoms with van der Waals surface area (Å²) < 4.78 is 37.1. The van der Waals surface area contributed by atoms with Crippen LogP contribution in [0.2, 0.25) is 0 Å². The Bertz CT molecular complexity index is 564. The summed E-state index contributed by atoms with van der Waals surface area (Å²) in [5, 5.41) is 2.79. The predicted molar refractivity (Wildman–Crippen MR) is 75.2 cm³/mol. The van der Waals surface area contributed by atoms with E-state index in [1.807, 2.05) is 19.1 Å². The quantitative estimate of drug-likeness (QED) is 0.912. The molecular weight excluding hydrogens is 297 g/mol. The second-order valence-electron chi connectivity index (χ2n) is 5.37. The summed E-state index contributed by atoms with van der Waals surface area (Å²) in [6.07, 6.45) is -4.38. The van der Waals surface area contributed by atoms with E-state index < -0.39 is 12.1 Å².